The van der Waals surface area contributed by atoms with Crippen LogP contribution in [0.1, 0.15) is 17.4 Å². The molecule has 2 aromatic rings. The van der Waals surface area contributed by atoms with Crippen molar-refractivity contribution < 1.29 is 0 Å². The molecule has 2 rings (SSSR count). The number of thiophene rings is 1. The highest BCUT2D eigenvalue weighted by Gasteiger charge is 2.02. The Kier molecular flexibility index (Phi) is 4.27. The van der Waals surface area contributed by atoms with E-state index in [0.717, 1.165) is 31.2 Å². The Morgan fingerprint density at radius 3 is 2.61 bits per heavy atom. The molecule has 0 aliphatic carbocycles. The van der Waals surface area contributed by atoms with E-state index < -0.39 is 0 Å². The van der Waals surface area contributed by atoms with Gasteiger partial charge in [-0.1, -0.05) is 29.3 Å². The van der Waals surface area contributed by atoms with Gasteiger partial charge in [-0.2, -0.15) is 5.10 Å². The van der Waals surface area contributed by atoms with Crippen LogP contribution in [0.4, 0.5) is 5.69 Å². The van der Waals surface area contributed by atoms with E-state index >= 15 is 0 Å². The largest absolute Gasteiger partial charge is 0.278 e. The van der Waals surface area contributed by atoms with E-state index in [1.807, 2.05) is 44.2 Å². The third-order valence-electron chi connectivity index (χ3n) is 2.45. The maximum absolute atomic E-state index is 6.05. The molecule has 0 fully saturated rings. The smallest absolute Gasteiger partial charge is 0.0935 e. The summed E-state index contributed by atoms with van der Waals surface area (Å²) in [6.07, 6.45) is 0. The molecule has 5 heteroatoms. The lowest BCUT2D eigenvalue weighted by Gasteiger charge is -2.04. The van der Waals surface area contributed by atoms with Crippen LogP contribution in [0.5, 0.6) is 0 Å². The third kappa shape index (κ3) is 3.25. The summed E-state index contributed by atoms with van der Waals surface area (Å²) in [6, 6.07) is 9.57. The van der Waals surface area contributed by atoms with Gasteiger partial charge in [0.1, 0.15) is 0 Å². The second kappa shape index (κ2) is 5.74. The summed E-state index contributed by atoms with van der Waals surface area (Å²) in [7, 11) is 0. The SMILES string of the molecule is C/C(=N\Nc1ccc(C)c(Cl)c1)c1ccc(Cl)s1. The van der Waals surface area contributed by atoms with E-state index in [9.17, 15) is 0 Å². The van der Waals surface area contributed by atoms with Crippen LogP contribution in [-0.2, 0) is 0 Å². The molecule has 0 aliphatic rings. The normalized spacial score (nSPS) is 11.7. The van der Waals surface area contributed by atoms with E-state index in [0.29, 0.717) is 0 Å². The highest BCUT2D eigenvalue weighted by Crippen LogP contribution is 2.23. The van der Waals surface area contributed by atoms with Crippen LogP contribution in [0, 0.1) is 6.92 Å². The van der Waals surface area contributed by atoms with Gasteiger partial charge in [0.15, 0.2) is 0 Å². The summed E-state index contributed by atoms with van der Waals surface area (Å²) in [4.78, 5) is 1.05. The van der Waals surface area contributed by atoms with Gasteiger partial charge in [-0.3, -0.25) is 5.43 Å². The van der Waals surface area contributed by atoms with Crippen molar-refractivity contribution in [2.75, 3.05) is 5.43 Å². The molecular weight excluding hydrogens is 287 g/mol. The van der Waals surface area contributed by atoms with Crippen LogP contribution in [0.3, 0.4) is 0 Å². The van der Waals surface area contributed by atoms with Gasteiger partial charge < -0.3 is 0 Å². The zero-order valence-electron chi connectivity index (χ0n) is 10.00. The Labute approximate surface area is 120 Å². The fraction of sp³-hybridized carbons (Fsp3) is 0.154. The Bertz CT molecular complexity index is 590. The minimum atomic E-state index is 0.729. The molecule has 18 heavy (non-hydrogen) atoms. The van der Waals surface area contributed by atoms with Crippen LogP contribution in [-0.4, -0.2) is 5.71 Å². The van der Waals surface area contributed by atoms with Crippen LogP contribution in [0.25, 0.3) is 0 Å². The van der Waals surface area contributed by atoms with Crippen molar-refractivity contribution in [2.24, 2.45) is 5.10 Å². The van der Waals surface area contributed by atoms with Crippen molar-refractivity contribution in [1.82, 2.24) is 0 Å². The first-order chi connectivity index (χ1) is 8.56. The Morgan fingerprint density at radius 2 is 2.00 bits per heavy atom. The lowest BCUT2D eigenvalue weighted by atomic mass is 10.2. The summed E-state index contributed by atoms with van der Waals surface area (Å²) in [6.45, 7) is 3.90. The zero-order chi connectivity index (χ0) is 13.1. The molecule has 2 nitrogen and oxygen atoms in total. The Balaban J connectivity index is 2.12. The molecule has 0 saturated heterocycles. The maximum atomic E-state index is 6.05. The van der Waals surface area contributed by atoms with Crippen molar-refractivity contribution in [2.45, 2.75) is 13.8 Å². The van der Waals surface area contributed by atoms with Gasteiger partial charge >= 0.3 is 0 Å². The van der Waals surface area contributed by atoms with Crippen molar-refractivity contribution in [1.29, 1.82) is 0 Å². The number of rotatable bonds is 3. The number of hydrogen-bond donors (Lipinski definition) is 1. The molecular formula is C13H12Cl2N2S. The number of hydrogen-bond acceptors (Lipinski definition) is 3. The highest BCUT2D eigenvalue weighted by atomic mass is 35.5. The summed E-state index contributed by atoms with van der Waals surface area (Å²) in [5.41, 5.74) is 5.80. The second-order valence-corrected chi connectivity index (χ2v) is 6.00. The maximum Gasteiger partial charge on any atom is 0.0935 e. The number of nitrogens with one attached hydrogen (secondary N) is 1. The number of halogens is 2. The number of benzene rings is 1. The topological polar surface area (TPSA) is 24.4 Å². The number of hydrazone groups is 1. The van der Waals surface area contributed by atoms with Crippen molar-refractivity contribution in [3.8, 4) is 0 Å². The second-order valence-electron chi connectivity index (χ2n) is 3.88. The molecule has 0 amide bonds. The van der Waals surface area contributed by atoms with Crippen LogP contribution >= 0.6 is 34.5 Å². The number of anilines is 1. The van der Waals surface area contributed by atoms with E-state index in [4.69, 9.17) is 23.2 Å². The van der Waals surface area contributed by atoms with Crippen molar-refractivity contribution in [3.05, 3.63) is 50.1 Å². The minimum Gasteiger partial charge on any atom is -0.278 e. The van der Waals surface area contributed by atoms with Gasteiger partial charge in [0.25, 0.3) is 0 Å². The molecule has 1 N–H and O–H groups in total. The predicted octanol–water partition coefficient (Wildman–Crippen LogP) is 5.20. The molecule has 0 spiro atoms. The van der Waals surface area contributed by atoms with E-state index in [-0.39, 0.29) is 0 Å². The Hall–Kier alpha value is -1.03. The van der Waals surface area contributed by atoms with Gasteiger partial charge in [-0.25, -0.2) is 0 Å². The highest BCUT2D eigenvalue weighted by molar-refractivity contribution is 7.18. The zero-order valence-corrected chi connectivity index (χ0v) is 12.3. The quantitative estimate of drug-likeness (QED) is 0.611. The van der Waals surface area contributed by atoms with Crippen LogP contribution in [0.2, 0.25) is 9.36 Å². The lowest BCUT2D eigenvalue weighted by Crippen LogP contribution is -1.97. The number of aryl methyl sites for hydroxylation is 1. The molecule has 1 aromatic heterocycles. The van der Waals surface area contributed by atoms with Crippen LogP contribution in [0.15, 0.2) is 35.4 Å². The fourth-order valence-corrected chi connectivity index (χ4v) is 2.54. The van der Waals surface area contributed by atoms with Gasteiger partial charge in [0.2, 0.25) is 0 Å². The first-order valence-electron chi connectivity index (χ1n) is 5.38. The molecule has 0 radical (unpaired) electrons. The van der Waals surface area contributed by atoms with Crippen molar-refractivity contribution >= 4 is 45.9 Å². The van der Waals surface area contributed by atoms with Gasteiger partial charge in [-0.15, -0.1) is 11.3 Å². The van der Waals surface area contributed by atoms with E-state index in [1.165, 1.54) is 11.3 Å². The standard InChI is InChI=1S/C13H12Cl2N2S/c1-8-3-4-10(7-11(8)14)17-16-9(2)12-5-6-13(15)18-12/h3-7,17H,1-2H3/b16-9+. The first kappa shape index (κ1) is 13.4. The molecule has 1 heterocycles. The number of nitrogens with zero attached hydrogens (tertiary/aromatic N) is 1. The van der Waals surface area contributed by atoms with Gasteiger partial charge in [0, 0.05) is 5.02 Å². The molecule has 0 aliphatic heterocycles. The predicted molar refractivity (Wildman–Crippen MR) is 81.4 cm³/mol. The molecule has 0 unspecified atom stereocenters. The Morgan fingerprint density at radius 1 is 1.22 bits per heavy atom. The fourth-order valence-electron chi connectivity index (χ4n) is 1.37. The van der Waals surface area contributed by atoms with E-state index in [2.05, 4.69) is 10.5 Å². The van der Waals surface area contributed by atoms with Crippen LogP contribution < -0.4 is 5.43 Å². The lowest BCUT2D eigenvalue weighted by molar-refractivity contribution is 1.32. The van der Waals surface area contributed by atoms with E-state index in [1.54, 1.807) is 0 Å². The van der Waals surface area contributed by atoms with Gasteiger partial charge in [-0.05, 0) is 43.7 Å². The monoisotopic (exact) mass is 298 g/mol. The molecule has 0 saturated carbocycles. The van der Waals surface area contributed by atoms with Crippen molar-refractivity contribution in [3.63, 3.8) is 0 Å². The molecule has 0 atom stereocenters. The molecule has 1 aromatic carbocycles. The summed E-state index contributed by atoms with van der Waals surface area (Å²) < 4.78 is 0.762. The average Bonchev–Trinajstić information content (AvgIpc) is 2.77. The first-order valence-corrected chi connectivity index (χ1v) is 6.95. The van der Waals surface area contributed by atoms with Gasteiger partial charge in [0.05, 0.1) is 20.6 Å². The third-order valence-corrected chi connectivity index (χ3v) is 4.20. The molecule has 0 bridgehead atoms. The summed E-state index contributed by atoms with van der Waals surface area (Å²) in [5, 5.41) is 5.04. The molecule has 94 valence electrons. The summed E-state index contributed by atoms with van der Waals surface area (Å²) >= 11 is 13.4. The average molecular weight is 299 g/mol. The summed E-state index contributed by atoms with van der Waals surface area (Å²) in [5.74, 6) is 0. The minimum absolute atomic E-state index is 0.729.